The van der Waals surface area contributed by atoms with Gasteiger partial charge in [-0.25, -0.2) is 0 Å². The summed E-state index contributed by atoms with van der Waals surface area (Å²) in [4.78, 5) is 4.81. The van der Waals surface area contributed by atoms with Crippen LogP contribution in [0, 0.1) is 0 Å². The van der Waals surface area contributed by atoms with Crippen molar-refractivity contribution in [3.05, 3.63) is 193 Å². The summed E-state index contributed by atoms with van der Waals surface area (Å²) >= 11 is 0. The van der Waals surface area contributed by atoms with Gasteiger partial charge in [0.1, 0.15) is 0 Å². The molecule has 0 N–H and O–H groups in total. The number of nitrogens with zero attached hydrogens (tertiary/aromatic N) is 2. The molecule has 7 aromatic carbocycles. The van der Waals surface area contributed by atoms with Crippen LogP contribution >= 0.6 is 0 Å². The van der Waals surface area contributed by atoms with E-state index in [2.05, 4.69) is 219 Å². The fraction of sp³-hybridized carbons (Fsp3) is 0.160. The van der Waals surface area contributed by atoms with E-state index in [0.29, 0.717) is 0 Å². The van der Waals surface area contributed by atoms with Gasteiger partial charge in [-0.15, -0.1) is 0 Å². The summed E-state index contributed by atoms with van der Waals surface area (Å²) in [6.45, 7) is 9.65. The molecular formula is C50H46N2. The minimum atomic E-state index is 0.0627. The quantitative estimate of drug-likeness (QED) is 0.158. The number of rotatable bonds is 8. The highest BCUT2D eigenvalue weighted by Crippen LogP contribution is 2.52. The van der Waals surface area contributed by atoms with Crippen molar-refractivity contribution in [2.75, 3.05) is 9.80 Å². The van der Waals surface area contributed by atoms with Crippen molar-refractivity contribution >= 4 is 34.1 Å². The van der Waals surface area contributed by atoms with Gasteiger partial charge in [0.05, 0.1) is 5.69 Å². The van der Waals surface area contributed by atoms with E-state index in [1.54, 1.807) is 0 Å². The molecule has 2 nitrogen and oxygen atoms in total. The van der Waals surface area contributed by atoms with Crippen LogP contribution in [0.1, 0.15) is 51.7 Å². The first-order chi connectivity index (χ1) is 25.3. The van der Waals surface area contributed by atoms with Crippen molar-refractivity contribution in [1.29, 1.82) is 0 Å². The molecule has 0 spiro atoms. The second-order valence-corrected chi connectivity index (χ2v) is 15.3. The SMILES string of the molecule is CC1(C)CCC(C)(C)c2c(N(c3ccccc3)c3cccc(-c4ccc(N(c5ccccc5)c5cccc(-c6ccccc6)c5)cc4)c3)cccc21. The molecule has 0 bridgehead atoms. The predicted octanol–water partition coefficient (Wildman–Crippen LogP) is 14.3. The standard InChI is InChI=1S/C50H46N2/c1-49(2)33-34-50(3,4)48-46(49)27-16-28-47(48)52(42-23-12-7-13-24-42)45-26-15-20-40(36-45)38-29-31-43(32-30-38)51(41-21-10-6-11-22-41)44-25-14-19-39(35-44)37-17-8-5-9-18-37/h5-32,35-36H,33-34H2,1-4H3. The van der Waals surface area contributed by atoms with Crippen molar-refractivity contribution in [2.24, 2.45) is 0 Å². The van der Waals surface area contributed by atoms with E-state index >= 15 is 0 Å². The third-order valence-corrected chi connectivity index (χ3v) is 10.9. The van der Waals surface area contributed by atoms with Gasteiger partial charge in [0.25, 0.3) is 0 Å². The summed E-state index contributed by atoms with van der Waals surface area (Å²) in [7, 11) is 0. The van der Waals surface area contributed by atoms with Gasteiger partial charge in [0.2, 0.25) is 0 Å². The average Bonchev–Trinajstić information content (AvgIpc) is 3.19. The Morgan fingerprint density at radius 3 is 1.37 bits per heavy atom. The van der Waals surface area contributed by atoms with Crippen LogP contribution in [0.3, 0.4) is 0 Å². The Bertz CT molecular complexity index is 2290. The Morgan fingerprint density at radius 1 is 0.346 bits per heavy atom. The topological polar surface area (TPSA) is 6.48 Å². The van der Waals surface area contributed by atoms with Crippen LogP contribution in [0.5, 0.6) is 0 Å². The summed E-state index contributed by atoms with van der Waals surface area (Å²) in [6, 6.07) is 65.9. The summed E-state index contributed by atoms with van der Waals surface area (Å²) in [6.07, 6.45) is 2.35. The van der Waals surface area contributed by atoms with Crippen LogP contribution in [0.2, 0.25) is 0 Å². The Hall–Kier alpha value is -5.86. The number of hydrogen-bond donors (Lipinski definition) is 0. The summed E-state index contributed by atoms with van der Waals surface area (Å²) in [5.74, 6) is 0. The molecule has 0 unspecified atom stereocenters. The van der Waals surface area contributed by atoms with E-state index in [1.807, 2.05) is 0 Å². The van der Waals surface area contributed by atoms with Gasteiger partial charge in [-0.2, -0.15) is 0 Å². The Balaban J connectivity index is 1.19. The molecule has 1 aliphatic carbocycles. The van der Waals surface area contributed by atoms with Crippen molar-refractivity contribution in [3.8, 4) is 22.3 Å². The van der Waals surface area contributed by atoms with Crippen LogP contribution in [0.4, 0.5) is 34.1 Å². The van der Waals surface area contributed by atoms with Crippen LogP contribution in [0.25, 0.3) is 22.3 Å². The molecule has 256 valence electrons. The van der Waals surface area contributed by atoms with E-state index in [9.17, 15) is 0 Å². The van der Waals surface area contributed by atoms with Crippen LogP contribution in [-0.2, 0) is 10.8 Å². The maximum absolute atomic E-state index is 2.47. The lowest BCUT2D eigenvalue weighted by molar-refractivity contribution is 0.332. The Kier molecular flexibility index (Phi) is 8.77. The van der Waals surface area contributed by atoms with E-state index in [4.69, 9.17) is 0 Å². The molecule has 0 saturated heterocycles. The van der Waals surface area contributed by atoms with Crippen LogP contribution in [0.15, 0.2) is 182 Å². The van der Waals surface area contributed by atoms with E-state index in [1.165, 1.54) is 51.2 Å². The van der Waals surface area contributed by atoms with Gasteiger partial charge >= 0.3 is 0 Å². The predicted molar refractivity (Wildman–Crippen MR) is 222 cm³/mol. The Labute approximate surface area is 309 Å². The lowest BCUT2D eigenvalue weighted by Crippen LogP contribution is -2.35. The monoisotopic (exact) mass is 674 g/mol. The molecule has 0 saturated carbocycles. The lowest BCUT2D eigenvalue weighted by Gasteiger charge is -2.44. The number of para-hydroxylation sites is 2. The minimum absolute atomic E-state index is 0.0627. The molecule has 52 heavy (non-hydrogen) atoms. The molecule has 0 aliphatic heterocycles. The number of anilines is 6. The van der Waals surface area contributed by atoms with E-state index in [-0.39, 0.29) is 10.8 Å². The minimum Gasteiger partial charge on any atom is -0.310 e. The van der Waals surface area contributed by atoms with Crippen molar-refractivity contribution in [1.82, 2.24) is 0 Å². The zero-order valence-electron chi connectivity index (χ0n) is 30.6. The maximum Gasteiger partial charge on any atom is 0.0502 e. The first-order valence-electron chi connectivity index (χ1n) is 18.5. The van der Waals surface area contributed by atoms with E-state index < -0.39 is 0 Å². The highest BCUT2D eigenvalue weighted by Gasteiger charge is 2.39. The van der Waals surface area contributed by atoms with Gasteiger partial charge in [-0.1, -0.05) is 143 Å². The molecule has 8 rings (SSSR count). The molecule has 0 aromatic heterocycles. The largest absolute Gasteiger partial charge is 0.310 e. The fourth-order valence-corrected chi connectivity index (χ4v) is 8.00. The number of benzene rings is 7. The third-order valence-electron chi connectivity index (χ3n) is 10.9. The van der Waals surface area contributed by atoms with Gasteiger partial charge in [0, 0.05) is 28.4 Å². The molecule has 0 heterocycles. The number of fused-ring (bicyclic) bond motifs is 1. The first-order valence-corrected chi connectivity index (χ1v) is 18.5. The molecule has 0 atom stereocenters. The molecule has 1 aliphatic rings. The fourth-order valence-electron chi connectivity index (χ4n) is 8.00. The zero-order chi connectivity index (χ0) is 35.7. The van der Waals surface area contributed by atoms with Crippen molar-refractivity contribution < 1.29 is 0 Å². The zero-order valence-corrected chi connectivity index (χ0v) is 30.6. The summed E-state index contributed by atoms with van der Waals surface area (Å²) < 4.78 is 0. The van der Waals surface area contributed by atoms with Crippen molar-refractivity contribution in [2.45, 2.75) is 51.4 Å². The number of hydrogen-bond acceptors (Lipinski definition) is 2. The van der Waals surface area contributed by atoms with Gasteiger partial charge in [-0.3, -0.25) is 0 Å². The molecule has 2 heteroatoms. The van der Waals surface area contributed by atoms with Crippen LogP contribution < -0.4 is 9.80 Å². The smallest absolute Gasteiger partial charge is 0.0502 e. The molecule has 0 amide bonds. The molecule has 7 aromatic rings. The second-order valence-electron chi connectivity index (χ2n) is 15.3. The lowest BCUT2D eigenvalue weighted by atomic mass is 9.62. The first kappa shape index (κ1) is 33.3. The third kappa shape index (κ3) is 6.42. The van der Waals surface area contributed by atoms with Gasteiger partial charge in [0.15, 0.2) is 0 Å². The van der Waals surface area contributed by atoms with Gasteiger partial charge in [-0.05, 0) is 124 Å². The molecule has 0 radical (unpaired) electrons. The normalized spacial score (nSPS) is 14.3. The molecular weight excluding hydrogens is 629 g/mol. The highest BCUT2D eigenvalue weighted by molar-refractivity contribution is 5.84. The maximum atomic E-state index is 2.47. The highest BCUT2D eigenvalue weighted by atomic mass is 15.1. The second kappa shape index (κ2) is 13.7. The van der Waals surface area contributed by atoms with Crippen molar-refractivity contribution in [3.63, 3.8) is 0 Å². The summed E-state index contributed by atoms with van der Waals surface area (Å²) in [5.41, 5.74) is 14.8. The molecule has 0 fully saturated rings. The van der Waals surface area contributed by atoms with E-state index in [0.717, 1.165) is 29.2 Å². The summed E-state index contributed by atoms with van der Waals surface area (Å²) in [5, 5.41) is 0. The van der Waals surface area contributed by atoms with Crippen LogP contribution in [-0.4, -0.2) is 0 Å². The van der Waals surface area contributed by atoms with Gasteiger partial charge < -0.3 is 9.80 Å². The Morgan fingerprint density at radius 2 is 0.769 bits per heavy atom. The average molecular weight is 675 g/mol.